The summed E-state index contributed by atoms with van der Waals surface area (Å²) in [6.07, 6.45) is 10.6. The molecule has 0 bridgehead atoms. The first-order valence-electron chi connectivity index (χ1n) is 16.9. The van der Waals surface area contributed by atoms with Crippen molar-refractivity contribution < 1.29 is 19.1 Å². The monoisotopic (exact) mass is 670 g/mol. The molecule has 1 aliphatic carbocycles. The van der Waals surface area contributed by atoms with Crippen molar-refractivity contribution >= 4 is 29.1 Å². The lowest BCUT2D eigenvalue weighted by atomic mass is 9.77. The quantitative estimate of drug-likeness (QED) is 0.0681. The van der Waals surface area contributed by atoms with Crippen LogP contribution in [0, 0.1) is 28.6 Å². The number of esters is 2. The molecule has 0 amide bonds. The lowest BCUT2D eigenvalue weighted by Gasteiger charge is -2.29. The Morgan fingerprint density at radius 3 is 1.90 bits per heavy atom. The molecule has 4 aromatic carbocycles. The average Bonchev–Trinajstić information content (AvgIpc) is 3.13. The van der Waals surface area contributed by atoms with Crippen molar-refractivity contribution in [3.05, 3.63) is 124 Å². The molecule has 0 N–H and O–H groups in total. The van der Waals surface area contributed by atoms with Crippen LogP contribution in [0.15, 0.2) is 96.6 Å². The van der Waals surface area contributed by atoms with Gasteiger partial charge in [-0.2, -0.15) is 10.5 Å². The van der Waals surface area contributed by atoms with E-state index in [9.17, 15) is 9.59 Å². The summed E-state index contributed by atoms with van der Waals surface area (Å²) >= 11 is 6.37. The van der Waals surface area contributed by atoms with Gasteiger partial charge in [0.05, 0.1) is 16.1 Å². The molecule has 1 saturated carbocycles. The van der Waals surface area contributed by atoms with Crippen LogP contribution in [-0.2, 0) is 0 Å². The summed E-state index contributed by atoms with van der Waals surface area (Å²) in [7, 11) is 0. The van der Waals surface area contributed by atoms with Crippen molar-refractivity contribution in [1.82, 2.24) is 0 Å². The number of unbranched alkanes of at least 4 members (excludes halogenated alkanes) is 2. The summed E-state index contributed by atoms with van der Waals surface area (Å²) in [4.78, 5) is 25.7. The van der Waals surface area contributed by atoms with E-state index in [0.29, 0.717) is 22.6 Å². The van der Waals surface area contributed by atoms with E-state index in [1.165, 1.54) is 75.1 Å². The van der Waals surface area contributed by atoms with E-state index in [-0.39, 0.29) is 27.7 Å². The number of nitrogens with zero attached hydrogens (tertiary/aromatic N) is 2. The minimum absolute atomic E-state index is 0.00943. The fourth-order valence-corrected chi connectivity index (χ4v) is 6.62. The molecule has 0 spiro atoms. The van der Waals surface area contributed by atoms with Crippen LogP contribution in [0.4, 0.5) is 0 Å². The van der Waals surface area contributed by atoms with Gasteiger partial charge in [-0.05, 0) is 109 Å². The third kappa shape index (κ3) is 9.05. The Bertz CT molecular complexity index is 1870. The molecule has 0 radical (unpaired) electrons. The number of carbonyl (C=O) groups excluding carboxylic acids is 2. The zero-order valence-corrected chi connectivity index (χ0v) is 28.6. The number of hydrogen-bond acceptors (Lipinski definition) is 6. The van der Waals surface area contributed by atoms with Crippen molar-refractivity contribution in [3.8, 4) is 34.8 Å². The number of benzene rings is 4. The predicted molar refractivity (Wildman–Crippen MR) is 192 cm³/mol. The normalized spacial score (nSPS) is 15.4. The van der Waals surface area contributed by atoms with Crippen LogP contribution >= 0.6 is 11.6 Å². The highest BCUT2D eigenvalue weighted by Gasteiger charge is 2.22. The Kier molecular flexibility index (Phi) is 12.0. The zero-order valence-electron chi connectivity index (χ0n) is 27.9. The number of hydrogen-bond donors (Lipinski definition) is 0. The van der Waals surface area contributed by atoms with Gasteiger partial charge in [-0.15, -0.1) is 0 Å². The van der Waals surface area contributed by atoms with E-state index < -0.39 is 11.9 Å². The van der Waals surface area contributed by atoms with Crippen molar-refractivity contribution in [3.63, 3.8) is 0 Å². The molecule has 1 aliphatic rings. The van der Waals surface area contributed by atoms with Crippen LogP contribution in [0.25, 0.3) is 16.7 Å². The molecule has 0 heterocycles. The number of ether oxygens (including phenoxy) is 2. The Morgan fingerprint density at radius 1 is 0.735 bits per heavy atom. The molecule has 0 atom stereocenters. The zero-order chi connectivity index (χ0) is 34.8. The Labute approximate surface area is 293 Å². The van der Waals surface area contributed by atoms with Crippen LogP contribution in [0.1, 0.15) is 103 Å². The van der Waals surface area contributed by atoms with Gasteiger partial charge in [-0.3, -0.25) is 0 Å². The van der Waals surface area contributed by atoms with Crippen molar-refractivity contribution in [2.75, 3.05) is 0 Å². The molecular formula is C42H39ClN2O4. The van der Waals surface area contributed by atoms with Gasteiger partial charge in [0.15, 0.2) is 0 Å². The molecule has 7 heteroatoms. The maximum absolute atomic E-state index is 12.9. The lowest BCUT2D eigenvalue weighted by Crippen LogP contribution is -2.13. The van der Waals surface area contributed by atoms with E-state index in [0.717, 1.165) is 17.0 Å². The third-order valence-corrected chi connectivity index (χ3v) is 9.68. The Morgan fingerprint density at radius 2 is 1.31 bits per heavy atom. The topological polar surface area (TPSA) is 100 Å². The SMILES string of the molecule is CCCCCC1CCC(c2ccc(-c3ccc(C(=O)Oc4ccc(C(=O)Oc5ccc(C(C)=C(C#N)C#N)cc5)c(Cl)c4)cc3)cc2)CC1. The van der Waals surface area contributed by atoms with Gasteiger partial charge in [-0.25, -0.2) is 9.59 Å². The maximum atomic E-state index is 12.9. The van der Waals surface area contributed by atoms with Gasteiger partial charge in [0.2, 0.25) is 0 Å². The molecule has 49 heavy (non-hydrogen) atoms. The van der Waals surface area contributed by atoms with E-state index in [2.05, 4.69) is 31.2 Å². The van der Waals surface area contributed by atoms with Crippen molar-refractivity contribution in [1.29, 1.82) is 10.5 Å². The molecule has 5 rings (SSSR count). The third-order valence-electron chi connectivity index (χ3n) is 9.37. The summed E-state index contributed by atoms with van der Waals surface area (Å²) in [6.45, 7) is 3.94. The average molecular weight is 671 g/mol. The van der Waals surface area contributed by atoms with Crippen molar-refractivity contribution in [2.24, 2.45) is 5.92 Å². The first kappa shape index (κ1) is 35.1. The van der Waals surface area contributed by atoms with Crippen LogP contribution in [0.2, 0.25) is 5.02 Å². The molecule has 248 valence electrons. The largest absolute Gasteiger partial charge is 0.423 e. The second kappa shape index (κ2) is 16.8. The number of rotatable bonds is 11. The molecule has 4 aromatic rings. The summed E-state index contributed by atoms with van der Waals surface area (Å²) in [5, 5.41) is 18.2. The summed E-state index contributed by atoms with van der Waals surface area (Å²) < 4.78 is 11.0. The van der Waals surface area contributed by atoms with Crippen LogP contribution in [0.3, 0.4) is 0 Å². The van der Waals surface area contributed by atoms with E-state index >= 15 is 0 Å². The molecule has 6 nitrogen and oxygen atoms in total. The van der Waals surface area contributed by atoms with E-state index in [1.54, 1.807) is 43.3 Å². The van der Waals surface area contributed by atoms with E-state index in [4.69, 9.17) is 31.6 Å². The van der Waals surface area contributed by atoms with Crippen molar-refractivity contribution in [2.45, 2.75) is 71.1 Å². The first-order valence-corrected chi connectivity index (χ1v) is 17.2. The molecular weight excluding hydrogens is 632 g/mol. The second-order valence-electron chi connectivity index (χ2n) is 12.6. The first-order chi connectivity index (χ1) is 23.8. The Hall–Kier alpha value is -5.17. The highest BCUT2D eigenvalue weighted by atomic mass is 35.5. The highest BCUT2D eigenvalue weighted by molar-refractivity contribution is 6.33. The van der Waals surface area contributed by atoms with E-state index in [1.807, 2.05) is 24.3 Å². The molecule has 0 saturated heterocycles. The second-order valence-corrected chi connectivity index (χ2v) is 13.0. The minimum Gasteiger partial charge on any atom is -0.423 e. The van der Waals surface area contributed by atoms with Gasteiger partial charge >= 0.3 is 11.9 Å². The fraction of sp³-hybridized carbons (Fsp3) is 0.286. The van der Waals surface area contributed by atoms with Gasteiger partial charge in [0.1, 0.15) is 29.2 Å². The molecule has 0 aliphatic heterocycles. The lowest BCUT2D eigenvalue weighted by molar-refractivity contribution is 0.0730. The van der Waals surface area contributed by atoms with Crippen LogP contribution in [-0.4, -0.2) is 11.9 Å². The number of nitriles is 2. The van der Waals surface area contributed by atoms with Gasteiger partial charge < -0.3 is 9.47 Å². The summed E-state index contributed by atoms with van der Waals surface area (Å²) in [5.74, 6) is 0.764. The fourth-order valence-electron chi connectivity index (χ4n) is 6.38. The van der Waals surface area contributed by atoms with Gasteiger partial charge in [0, 0.05) is 6.07 Å². The standard InChI is InChI=1S/C42H39ClN2O4/c1-3-4-5-6-29-7-9-31(10-8-29)32-11-13-33(14-12-32)34-15-17-35(18-16-34)41(46)49-38-23-24-39(40(43)25-38)42(47)48-37-21-19-30(20-22-37)28(2)36(26-44)27-45/h11-25,29,31H,3-10H2,1-2H3. The minimum atomic E-state index is -0.688. The molecule has 1 fully saturated rings. The molecule has 0 unspecified atom stereocenters. The molecule has 0 aromatic heterocycles. The maximum Gasteiger partial charge on any atom is 0.345 e. The van der Waals surface area contributed by atoms with Gasteiger partial charge in [0.25, 0.3) is 0 Å². The number of carbonyl (C=O) groups is 2. The summed E-state index contributed by atoms with van der Waals surface area (Å²) in [6, 6.07) is 30.6. The predicted octanol–water partition coefficient (Wildman–Crippen LogP) is 11.1. The van der Waals surface area contributed by atoms with Gasteiger partial charge in [-0.1, -0.05) is 92.7 Å². The highest BCUT2D eigenvalue weighted by Crippen LogP contribution is 2.38. The number of allylic oxidation sites excluding steroid dienone is 2. The van der Waals surface area contributed by atoms with Crippen LogP contribution < -0.4 is 9.47 Å². The van der Waals surface area contributed by atoms with Crippen LogP contribution in [0.5, 0.6) is 11.5 Å². The number of halogens is 1. The Balaban J connectivity index is 1.14. The summed E-state index contributed by atoms with van der Waals surface area (Å²) in [5.41, 5.74) is 5.22. The smallest absolute Gasteiger partial charge is 0.345 e.